The van der Waals surface area contributed by atoms with E-state index in [0.717, 1.165) is 13.0 Å². The lowest BCUT2D eigenvalue weighted by atomic mass is 9.90. The minimum atomic E-state index is -0.859. The zero-order valence-electron chi connectivity index (χ0n) is 24.4. The number of likely N-dealkylation sites (tertiary alicyclic amines) is 1. The molecule has 0 saturated carbocycles. The first-order valence-electron chi connectivity index (χ1n) is 14.3. The number of thiazole rings is 1. The Labute approximate surface area is 249 Å². The SMILES string of the molecule is CCOC(=O)C1=C(CN2CCO[C@@H]3CN(CC(C)(C)C(=O)O)CC[C@@H]32)NC(c2nccs2)=N[C@H]1c1cccc(F)c1C. The van der Waals surface area contributed by atoms with E-state index < -0.39 is 23.4 Å². The van der Waals surface area contributed by atoms with Gasteiger partial charge in [0.2, 0.25) is 0 Å². The first-order valence-corrected chi connectivity index (χ1v) is 15.2. The molecule has 42 heavy (non-hydrogen) atoms. The van der Waals surface area contributed by atoms with E-state index in [1.54, 1.807) is 46.0 Å². The fraction of sp³-hybridized carbons (Fsp3) is 0.533. The molecule has 3 aliphatic rings. The van der Waals surface area contributed by atoms with E-state index >= 15 is 0 Å². The van der Waals surface area contributed by atoms with Crippen LogP contribution in [0.25, 0.3) is 0 Å². The van der Waals surface area contributed by atoms with Gasteiger partial charge in [-0.2, -0.15) is 0 Å². The number of hydrogen-bond donors (Lipinski definition) is 2. The van der Waals surface area contributed by atoms with Gasteiger partial charge in [0.05, 0.1) is 30.3 Å². The number of piperidine rings is 1. The number of nitrogens with zero attached hydrogens (tertiary/aromatic N) is 4. The summed E-state index contributed by atoms with van der Waals surface area (Å²) in [6, 6.07) is 4.14. The van der Waals surface area contributed by atoms with Crippen LogP contribution in [-0.2, 0) is 19.1 Å². The summed E-state index contributed by atoms with van der Waals surface area (Å²) in [7, 11) is 0. The van der Waals surface area contributed by atoms with Crippen LogP contribution in [0.3, 0.4) is 0 Å². The number of esters is 1. The monoisotopic (exact) mass is 599 g/mol. The Balaban J connectivity index is 1.47. The van der Waals surface area contributed by atoms with Gasteiger partial charge < -0.3 is 19.9 Å². The number of nitrogens with one attached hydrogen (secondary N) is 1. The van der Waals surface area contributed by atoms with E-state index in [2.05, 4.69) is 20.1 Å². The van der Waals surface area contributed by atoms with Gasteiger partial charge >= 0.3 is 11.9 Å². The van der Waals surface area contributed by atoms with Crippen molar-refractivity contribution in [2.24, 2.45) is 10.4 Å². The Kier molecular flexibility index (Phi) is 9.07. The largest absolute Gasteiger partial charge is 0.481 e. The highest BCUT2D eigenvalue weighted by Gasteiger charge is 2.41. The van der Waals surface area contributed by atoms with E-state index in [1.165, 1.54) is 17.4 Å². The quantitative estimate of drug-likeness (QED) is 0.419. The summed E-state index contributed by atoms with van der Waals surface area (Å²) in [5.74, 6) is -1.16. The van der Waals surface area contributed by atoms with Gasteiger partial charge in [0, 0.05) is 49.5 Å². The van der Waals surface area contributed by atoms with Crippen molar-refractivity contribution < 1.29 is 28.6 Å². The molecule has 0 amide bonds. The average molecular weight is 600 g/mol. The summed E-state index contributed by atoms with van der Waals surface area (Å²) in [5, 5.41) is 15.5. The highest BCUT2D eigenvalue weighted by molar-refractivity contribution is 7.11. The number of aliphatic carboxylic acids is 1. The summed E-state index contributed by atoms with van der Waals surface area (Å²) < 4.78 is 26.5. The molecule has 2 fully saturated rings. The minimum absolute atomic E-state index is 0.0808. The maximum absolute atomic E-state index is 14.7. The molecule has 10 nitrogen and oxygen atoms in total. The number of aliphatic imine (C=N–C) groups is 1. The van der Waals surface area contributed by atoms with Crippen LogP contribution in [0.15, 0.2) is 46.0 Å². The zero-order chi connectivity index (χ0) is 30.0. The topological polar surface area (TPSA) is 117 Å². The number of ether oxygens (including phenoxy) is 2. The Bertz CT molecular complexity index is 1380. The standard InChI is InChI=1S/C30H38FN5O5S/c1-5-40-28(37)24-21(15-36-12-13-41-23-16-35(11-9-22(23)36)17-30(3,4)29(38)39)33-26(27-32-10-14-42-27)34-25(24)19-7-6-8-20(31)18(19)2/h6-8,10,14,22-23,25H,5,9,11-13,15-17H2,1-4H3,(H,33,34)(H,38,39)/t22-,23+,25-/m0/s1. The van der Waals surface area contributed by atoms with Crippen LogP contribution >= 0.6 is 11.3 Å². The van der Waals surface area contributed by atoms with Gasteiger partial charge in [-0.3, -0.25) is 19.6 Å². The van der Waals surface area contributed by atoms with Crippen molar-refractivity contribution in [2.45, 2.75) is 52.3 Å². The van der Waals surface area contributed by atoms with Crippen molar-refractivity contribution >= 4 is 29.1 Å². The second kappa shape index (κ2) is 12.6. The van der Waals surface area contributed by atoms with Crippen LogP contribution in [0.1, 0.15) is 49.4 Å². The second-order valence-corrected chi connectivity index (χ2v) is 12.5. The summed E-state index contributed by atoms with van der Waals surface area (Å²) in [5.41, 5.74) is 1.17. The molecule has 0 bridgehead atoms. The van der Waals surface area contributed by atoms with E-state index in [4.69, 9.17) is 14.5 Å². The Morgan fingerprint density at radius 1 is 1.31 bits per heavy atom. The predicted octanol–water partition coefficient (Wildman–Crippen LogP) is 3.38. The zero-order valence-corrected chi connectivity index (χ0v) is 25.2. The number of aromatic nitrogens is 1. The molecule has 0 spiro atoms. The molecule has 2 N–H and O–H groups in total. The van der Waals surface area contributed by atoms with Gasteiger partial charge in [0.1, 0.15) is 11.9 Å². The molecule has 12 heteroatoms. The smallest absolute Gasteiger partial charge is 0.338 e. The number of rotatable bonds is 9. The molecular formula is C30H38FN5O5S. The highest BCUT2D eigenvalue weighted by Crippen LogP contribution is 2.36. The van der Waals surface area contributed by atoms with Crippen LogP contribution in [-0.4, -0.2) is 95.7 Å². The number of fused-ring (bicyclic) bond motifs is 1. The molecule has 1 aromatic heterocycles. The number of carboxylic acid groups (broad SMARTS) is 1. The molecule has 0 radical (unpaired) electrons. The van der Waals surface area contributed by atoms with Gasteiger partial charge in [-0.25, -0.2) is 14.2 Å². The van der Waals surface area contributed by atoms with Gasteiger partial charge in [-0.1, -0.05) is 12.1 Å². The molecule has 4 heterocycles. The Morgan fingerprint density at radius 3 is 2.83 bits per heavy atom. The molecule has 0 aliphatic carbocycles. The van der Waals surface area contributed by atoms with Crippen LogP contribution in [0, 0.1) is 18.2 Å². The predicted molar refractivity (Wildman–Crippen MR) is 157 cm³/mol. The average Bonchev–Trinajstić information content (AvgIpc) is 3.49. The molecule has 1 aromatic carbocycles. The molecule has 0 unspecified atom stereocenters. The van der Waals surface area contributed by atoms with Crippen molar-refractivity contribution in [3.63, 3.8) is 0 Å². The lowest BCUT2D eigenvalue weighted by molar-refractivity contribution is -0.150. The van der Waals surface area contributed by atoms with Gasteiger partial charge in [-0.05, 0) is 57.9 Å². The van der Waals surface area contributed by atoms with E-state index in [1.807, 2.05) is 5.38 Å². The molecule has 3 aliphatic heterocycles. The number of hydrogen-bond acceptors (Lipinski definition) is 10. The number of carbonyl (C=O) groups excluding carboxylic acids is 1. The molecule has 2 aromatic rings. The molecule has 2 saturated heterocycles. The summed E-state index contributed by atoms with van der Waals surface area (Å²) in [6.07, 6.45) is 2.39. The van der Waals surface area contributed by atoms with Crippen molar-refractivity contribution in [2.75, 3.05) is 45.9 Å². The van der Waals surface area contributed by atoms with E-state index in [-0.39, 0.29) is 24.6 Å². The summed E-state index contributed by atoms with van der Waals surface area (Å²) >= 11 is 1.43. The maximum Gasteiger partial charge on any atom is 0.338 e. The van der Waals surface area contributed by atoms with Crippen molar-refractivity contribution in [3.05, 3.63) is 63.0 Å². The van der Waals surface area contributed by atoms with E-state index in [9.17, 15) is 19.1 Å². The first kappa shape index (κ1) is 30.3. The van der Waals surface area contributed by atoms with Gasteiger partial charge in [0.15, 0.2) is 10.8 Å². The molecule has 226 valence electrons. The van der Waals surface area contributed by atoms with Crippen molar-refractivity contribution in [3.8, 4) is 0 Å². The molecule has 3 atom stereocenters. The van der Waals surface area contributed by atoms with E-state index in [0.29, 0.717) is 66.0 Å². The van der Waals surface area contributed by atoms with Crippen LogP contribution in [0.4, 0.5) is 4.39 Å². The third-order valence-corrected chi connectivity index (χ3v) is 8.99. The normalized spacial score (nSPS) is 23.6. The van der Waals surface area contributed by atoms with Crippen LogP contribution in [0.5, 0.6) is 0 Å². The summed E-state index contributed by atoms with van der Waals surface area (Å²) in [4.78, 5) is 39.1. The van der Waals surface area contributed by atoms with Gasteiger partial charge in [0.25, 0.3) is 0 Å². The fourth-order valence-corrected chi connectivity index (χ4v) is 6.56. The van der Waals surface area contributed by atoms with Gasteiger partial charge in [-0.15, -0.1) is 11.3 Å². The number of benzene rings is 1. The minimum Gasteiger partial charge on any atom is -0.481 e. The number of carbonyl (C=O) groups is 2. The Hall–Kier alpha value is -3.19. The molecule has 5 rings (SSSR count). The number of amidine groups is 1. The number of halogens is 1. The number of morpholine rings is 1. The Morgan fingerprint density at radius 2 is 2.12 bits per heavy atom. The molecular weight excluding hydrogens is 561 g/mol. The third-order valence-electron chi connectivity index (χ3n) is 8.21. The van der Waals surface area contributed by atoms with Crippen molar-refractivity contribution in [1.29, 1.82) is 0 Å². The maximum atomic E-state index is 14.7. The van der Waals surface area contributed by atoms with Crippen LogP contribution in [0.2, 0.25) is 0 Å². The van der Waals surface area contributed by atoms with Crippen molar-refractivity contribution in [1.82, 2.24) is 20.1 Å². The summed E-state index contributed by atoms with van der Waals surface area (Å²) in [6.45, 7) is 10.5. The lowest BCUT2D eigenvalue weighted by Gasteiger charge is -2.48. The van der Waals surface area contributed by atoms with Crippen LogP contribution < -0.4 is 5.32 Å². The number of carboxylic acids is 1. The lowest BCUT2D eigenvalue weighted by Crippen LogP contribution is -2.61. The first-order chi connectivity index (χ1) is 20.1. The third kappa shape index (κ3) is 6.26. The highest BCUT2D eigenvalue weighted by atomic mass is 32.1. The fourth-order valence-electron chi connectivity index (χ4n) is 5.97. The second-order valence-electron chi connectivity index (χ2n) is 11.6.